The van der Waals surface area contributed by atoms with Crippen LogP contribution in [0.3, 0.4) is 0 Å². The minimum absolute atomic E-state index is 1.21. The van der Waals surface area contributed by atoms with Gasteiger partial charge in [0.25, 0.3) is 0 Å². The van der Waals surface area contributed by atoms with Crippen LogP contribution in [-0.4, -0.2) is 4.57 Å². The van der Waals surface area contributed by atoms with Crippen molar-refractivity contribution in [3.63, 3.8) is 0 Å². The van der Waals surface area contributed by atoms with Crippen molar-refractivity contribution in [2.45, 2.75) is 26.3 Å². The molecule has 13 heavy (non-hydrogen) atoms. The van der Waals surface area contributed by atoms with E-state index in [2.05, 4.69) is 35.8 Å². The standard InChI is InChI=1S/C12H13N/c1-9-4-2-6-12-11(9)8-10-5-3-7-13(10)12/h2,4,6,8H,3,5,7H2,1H3. The van der Waals surface area contributed by atoms with Crippen LogP contribution in [0.4, 0.5) is 0 Å². The van der Waals surface area contributed by atoms with Gasteiger partial charge in [-0.15, -0.1) is 0 Å². The van der Waals surface area contributed by atoms with E-state index in [0.29, 0.717) is 0 Å². The van der Waals surface area contributed by atoms with Crippen molar-refractivity contribution in [3.05, 3.63) is 35.5 Å². The molecule has 0 N–H and O–H groups in total. The molecular formula is C12H13N. The molecule has 0 saturated carbocycles. The van der Waals surface area contributed by atoms with Crippen molar-refractivity contribution in [2.75, 3.05) is 0 Å². The largest absolute Gasteiger partial charge is 0.345 e. The van der Waals surface area contributed by atoms with Gasteiger partial charge in [0.05, 0.1) is 0 Å². The number of aromatic nitrogens is 1. The van der Waals surface area contributed by atoms with Crippen LogP contribution in [0, 0.1) is 6.92 Å². The van der Waals surface area contributed by atoms with Gasteiger partial charge in [0.1, 0.15) is 0 Å². The number of aryl methyl sites for hydroxylation is 3. The van der Waals surface area contributed by atoms with Crippen LogP contribution in [0.15, 0.2) is 24.3 Å². The molecule has 0 fully saturated rings. The molecule has 1 heteroatoms. The van der Waals surface area contributed by atoms with Gasteiger partial charge in [-0.2, -0.15) is 0 Å². The van der Waals surface area contributed by atoms with Crippen LogP contribution < -0.4 is 0 Å². The van der Waals surface area contributed by atoms with Crippen LogP contribution in [0.5, 0.6) is 0 Å². The maximum atomic E-state index is 2.46. The summed E-state index contributed by atoms with van der Waals surface area (Å²) in [5, 5.41) is 1.44. The van der Waals surface area contributed by atoms with E-state index in [9.17, 15) is 0 Å². The zero-order valence-electron chi connectivity index (χ0n) is 7.88. The highest BCUT2D eigenvalue weighted by Gasteiger charge is 2.14. The highest BCUT2D eigenvalue weighted by molar-refractivity contribution is 5.84. The lowest BCUT2D eigenvalue weighted by Gasteiger charge is -2.00. The molecule has 0 unspecified atom stereocenters. The summed E-state index contributed by atoms with van der Waals surface area (Å²) in [4.78, 5) is 0. The fraction of sp³-hybridized carbons (Fsp3) is 0.333. The Labute approximate surface area is 78.0 Å². The molecule has 0 amide bonds. The topological polar surface area (TPSA) is 4.93 Å². The number of fused-ring (bicyclic) bond motifs is 3. The Morgan fingerprint density at radius 1 is 1.31 bits per heavy atom. The van der Waals surface area contributed by atoms with E-state index in [-0.39, 0.29) is 0 Å². The first-order valence-electron chi connectivity index (χ1n) is 4.94. The van der Waals surface area contributed by atoms with E-state index in [0.717, 1.165) is 0 Å². The second kappa shape index (κ2) is 2.38. The number of hydrogen-bond donors (Lipinski definition) is 0. The predicted molar refractivity (Wildman–Crippen MR) is 55.0 cm³/mol. The molecule has 1 nitrogen and oxygen atoms in total. The highest BCUT2D eigenvalue weighted by atomic mass is 15.0. The third-order valence-electron chi connectivity index (χ3n) is 3.06. The fourth-order valence-electron chi connectivity index (χ4n) is 2.38. The zero-order chi connectivity index (χ0) is 8.84. The maximum absolute atomic E-state index is 2.46. The molecule has 0 saturated heterocycles. The molecule has 0 atom stereocenters. The third-order valence-corrected chi connectivity index (χ3v) is 3.06. The molecule has 2 aromatic rings. The van der Waals surface area contributed by atoms with Gasteiger partial charge in [0.2, 0.25) is 0 Å². The van der Waals surface area contributed by atoms with Crippen molar-refractivity contribution in [3.8, 4) is 0 Å². The Morgan fingerprint density at radius 3 is 3.15 bits per heavy atom. The van der Waals surface area contributed by atoms with Crippen molar-refractivity contribution in [1.82, 2.24) is 4.57 Å². The lowest BCUT2D eigenvalue weighted by molar-refractivity contribution is 0.772. The van der Waals surface area contributed by atoms with Gasteiger partial charge in [0.15, 0.2) is 0 Å². The Bertz CT molecular complexity index is 465. The van der Waals surface area contributed by atoms with E-state index in [4.69, 9.17) is 0 Å². The monoisotopic (exact) mass is 171 g/mol. The summed E-state index contributed by atoms with van der Waals surface area (Å²) in [6.45, 7) is 3.40. The van der Waals surface area contributed by atoms with Gasteiger partial charge in [-0.3, -0.25) is 0 Å². The molecule has 1 aromatic carbocycles. The van der Waals surface area contributed by atoms with E-state index < -0.39 is 0 Å². The van der Waals surface area contributed by atoms with Crippen molar-refractivity contribution < 1.29 is 0 Å². The Kier molecular flexibility index (Phi) is 1.32. The van der Waals surface area contributed by atoms with E-state index >= 15 is 0 Å². The number of benzene rings is 1. The summed E-state index contributed by atoms with van der Waals surface area (Å²) in [6.07, 6.45) is 2.58. The Hall–Kier alpha value is -1.24. The summed E-state index contributed by atoms with van der Waals surface area (Å²) >= 11 is 0. The normalized spacial score (nSPS) is 15.2. The van der Waals surface area contributed by atoms with Gasteiger partial charge in [-0.1, -0.05) is 12.1 Å². The summed E-state index contributed by atoms with van der Waals surface area (Å²) in [7, 11) is 0. The zero-order valence-corrected chi connectivity index (χ0v) is 7.88. The molecule has 66 valence electrons. The Morgan fingerprint density at radius 2 is 2.23 bits per heavy atom. The molecule has 0 spiro atoms. The van der Waals surface area contributed by atoms with E-state index in [1.165, 1.54) is 41.5 Å². The van der Waals surface area contributed by atoms with Crippen molar-refractivity contribution in [1.29, 1.82) is 0 Å². The van der Waals surface area contributed by atoms with Gasteiger partial charge < -0.3 is 4.57 Å². The van der Waals surface area contributed by atoms with Crippen LogP contribution in [0.2, 0.25) is 0 Å². The maximum Gasteiger partial charge on any atom is 0.0485 e. The first-order chi connectivity index (χ1) is 6.36. The first-order valence-corrected chi connectivity index (χ1v) is 4.94. The quantitative estimate of drug-likeness (QED) is 0.574. The summed E-state index contributed by atoms with van der Waals surface area (Å²) in [5.41, 5.74) is 4.34. The second-order valence-electron chi connectivity index (χ2n) is 3.90. The van der Waals surface area contributed by atoms with Crippen molar-refractivity contribution >= 4 is 10.9 Å². The van der Waals surface area contributed by atoms with Gasteiger partial charge >= 0.3 is 0 Å². The molecule has 1 aromatic heterocycles. The van der Waals surface area contributed by atoms with Gasteiger partial charge in [-0.05, 0) is 37.5 Å². The molecule has 1 aliphatic heterocycles. The number of hydrogen-bond acceptors (Lipinski definition) is 0. The van der Waals surface area contributed by atoms with Crippen LogP contribution in [0.1, 0.15) is 17.7 Å². The summed E-state index contributed by atoms with van der Waals surface area (Å²) in [5.74, 6) is 0. The Balaban J connectivity index is 2.44. The van der Waals surface area contributed by atoms with Crippen molar-refractivity contribution in [2.24, 2.45) is 0 Å². The lowest BCUT2D eigenvalue weighted by Crippen LogP contribution is -1.90. The minimum Gasteiger partial charge on any atom is -0.345 e. The number of rotatable bonds is 0. The predicted octanol–water partition coefficient (Wildman–Crippen LogP) is 2.90. The summed E-state index contributed by atoms with van der Waals surface area (Å²) < 4.78 is 2.46. The molecular weight excluding hydrogens is 158 g/mol. The van der Waals surface area contributed by atoms with Crippen LogP contribution >= 0.6 is 0 Å². The fourth-order valence-corrected chi connectivity index (χ4v) is 2.38. The van der Waals surface area contributed by atoms with Gasteiger partial charge in [-0.25, -0.2) is 0 Å². The molecule has 0 aliphatic carbocycles. The third kappa shape index (κ3) is 0.873. The SMILES string of the molecule is Cc1cccc2c1cc1n2CCC1. The minimum atomic E-state index is 1.21. The van der Waals surface area contributed by atoms with Gasteiger partial charge in [0, 0.05) is 23.1 Å². The number of nitrogens with zero attached hydrogens (tertiary/aromatic N) is 1. The van der Waals surface area contributed by atoms with Crippen LogP contribution in [0.25, 0.3) is 10.9 Å². The highest BCUT2D eigenvalue weighted by Crippen LogP contribution is 2.27. The molecule has 2 heterocycles. The average Bonchev–Trinajstić information content (AvgIpc) is 2.65. The molecule has 1 aliphatic rings. The second-order valence-corrected chi connectivity index (χ2v) is 3.90. The molecule has 0 bridgehead atoms. The molecule has 3 rings (SSSR count). The smallest absolute Gasteiger partial charge is 0.0485 e. The average molecular weight is 171 g/mol. The van der Waals surface area contributed by atoms with E-state index in [1.807, 2.05) is 0 Å². The molecule has 0 radical (unpaired) electrons. The first kappa shape index (κ1) is 7.19. The lowest BCUT2D eigenvalue weighted by atomic mass is 10.1. The van der Waals surface area contributed by atoms with Crippen LogP contribution in [-0.2, 0) is 13.0 Å². The van der Waals surface area contributed by atoms with E-state index in [1.54, 1.807) is 0 Å². The summed E-state index contributed by atoms with van der Waals surface area (Å²) in [6, 6.07) is 8.94.